The highest BCUT2D eigenvalue weighted by Gasteiger charge is 2.25. The third kappa shape index (κ3) is 3.46. The Balaban J connectivity index is 2.66. The number of fused-ring (bicyclic) bond motifs is 1. The van der Waals surface area contributed by atoms with E-state index in [0.29, 0.717) is 0 Å². The second kappa shape index (κ2) is 6.45. The zero-order valence-electron chi connectivity index (χ0n) is 12.8. The van der Waals surface area contributed by atoms with E-state index in [9.17, 15) is 27.9 Å². The Morgan fingerprint density at radius 1 is 1.46 bits per heavy atom. The monoisotopic (exact) mass is 357 g/mol. The van der Waals surface area contributed by atoms with Crippen molar-refractivity contribution < 1.29 is 27.4 Å². The van der Waals surface area contributed by atoms with E-state index in [1.54, 1.807) is 0 Å². The Kier molecular flexibility index (Phi) is 4.76. The van der Waals surface area contributed by atoms with Crippen LogP contribution in [-0.2, 0) is 21.3 Å². The Morgan fingerprint density at radius 2 is 2.12 bits per heavy atom. The van der Waals surface area contributed by atoms with Crippen LogP contribution in [0.3, 0.4) is 0 Å². The van der Waals surface area contributed by atoms with Gasteiger partial charge in [-0.2, -0.15) is 8.42 Å². The van der Waals surface area contributed by atoms with Crippen LogP contribution in [0.25, 0.3) is 10.9 Å². The number of rotatable bonds is 6. The van der Waals surface area contributed by atoms with E-state index in [-0.39, 0.29) is 46.9 Å². The number of nitrogens with zero attached hydrogens (tertiary/aromatic N) is 1. The first-order valence-corrected chi connectivity index (χ1v) is 8.18. The van der Waals surface area contributed by atoms with Crippen LogP contribution in [-0.4, -0.2) is 42.4 Å². The molecule has 0 radical (unpaired) electrons. The summed E-state index contributed by atoms with van der Waals surface area (Å²) in [5.74, 6) is -0.753. The first kappa shape index (κ1) is 17.7. The van der Waals surface area contributed by atoms with Gasteiger partial charge < -0.3 is 20.2 Å². The molecular formula is C13H15N3O7S. The largest absolute Gasteiger partial charge is 0.495 e. The zero-order valence-corrected chi connectivity index (χ0v) is 13.6. The van der Waals surface area contributed by atoms with Gasteiger partial charge in [-0.25, -0.2) is 4.98 Å². The molecule has 130 valence electrons. The maximum absolute atomic E-state index is 11.5. The molecule has 3 N–H and O–H groups in total. The molecule has 0 atom stereocenters. The molecule has 0 aliphatic carbocycles. The lowest BCUT2D eigenvalue weighted by molar-refractivity contribution is -0.389. The molecule has 1 aromatic heterocycles. The Bertz CT molecular complexity index is 917. The van der Waals surface area contributed by atoms with Crippen LogP contribution in [0.1, 0.15) is 12.5 Å². The topological polar surface area (TPSA) is 152 Å². The van der Waals surface area contributed by atoms with E-state index in [1.807, 2.05) is 0 Å². The second-order valence-electron chi connectivity index (χ2n) is 4.97. The molecule has 24 heavy (non-hydrogen) atoms. The van der Waals surface area contributed by atoms with E-state index in [0.717, 1.165) is 6.07 Å². The van der Waals surface area contributed by atoms with Crippen molar-refractivity contribution in [2.24, 2.45) is 0 Å². The first-order valence-electron chi connectivity index (χ1n) is 6.74. The van der Waals surface area contributed by atoms with Gasteiger partial charge in [-0.05, 0) is 17.4 Å². The predicted octanol–water partition coefficient (Wildman–Crippen LogP) is 1.01. The van der Waals surface area contributed by atoms with Crippen molar-refractivity contribution in [3.05, 3.63) is 27.8 Å². The number of benzene rings is 1. The van der Waals surface area contributed by atoms with Crippen molar-refractivity contribution >= 4 is 32.7 Å². The highest BCUT2D eigenvalue weighted by molar-refractivity contribution is 7.86. The zero-order chi connectivity index (χ0) is 18.1. The third-order valence-corrected chi connectivity index (χ3v) is 4.25. The number of aromatic nitrogens is 1. The number of nitrogens with one attached hydrogen (secondary N) is 2. The van der Waals surface area contributed by atoms with Crippen molar-refractivity contribution in [3.63, 3.8) is 0 Å². The summed E-state index contributed by atoms with van der Waals surface area (Å²) in [7, 11) is -3.36. The quantitative estimate of drug-likeness (QED) is 0.396. The number of H-pyrrole nitrogens is 1. The summed E-state index contributed by atoms with van der Waals surface area (Å²) in [6, 6.07) is 2.36. The van der Waals surface area contributed by atoms with E-state index in [2.05, 4.69) is 10.3 Å². The summed E-state index contributed by atoms with van der Waals surface area (Å²) in [5, 5.41) is 14.0. The molecule has 0 aliphatic heterocycles. The third-order valence-electron chi connectivity index (χ3n) is 3.38. The van der Waals surface area contributed by atoms with Gasteiger partial charge in [-0.15, -0.1) is 0 Å². The number of amides is 1. The fraction of sp³-hybridized carbons (Fsp3) is 0.308. The summed E-state index contributed by atoms with van der Waals surface area (Å²) >= 11 is 0. The summed E-state index contributed by atoms with van der Waals surface area (Å²) in [4.78, 5) is 23.6. The number of ether oxygens (including phenoxy) is 1. The second-order valence-corrected chi connectivity index (χ2v) is 6.36. The molecule has 1 heterocycles. The minimum atomic E-state index is -4.58. The average molecular weight is 357 g/mol. The molecule has 10 nitrogen and oxygen atoms in total. The van der Waals surface area contributed by atoms with E-state index in [4.69, 9.17) is 4.74 Å². The Labute approximate surface area is 136 Å². The van der Waals surface area contributed by atoms with Gasteiger partial charge in [0.05, 0.1) is 12.7 Å². The van der Waals surface area contributed by atoms with Crippen LogP contribution < -0.4 is 10.1 Å². The number of methoxy groups -OCH3 is 1. The minimum Gasteiger partial charge on any atom is -0.495 e. The molecule has 0 fully saturated rings. The fourth-order valence-electron chi connectivity index (χ4n) is 2.38. The van der Waals surface area contributed by atoms with Crippen LogP contribution in [0.2, 0.25) is 0 Å². The standard InChI is InChI=1S/C13H15N3O7S/c1-7(17)14-4-3-8-9-5-12(24(20,21)22)11(23-2)6-10(9)15-13(8)16(18)19/h5-6,15H,3-4H2,1-2H3,(H,14,17)(H,20,21,22). The van der Waals surface area contributed by atoms with Gasteiger partial charge in [0.1, 0.15) is 16.2 Å². The Hall–Kier alpha value is -2.66. The van der Waals surface area contributed by atoms with Crippen LogP contribution >= 0.6 is 0 Å². The molecule has 11 heteroatoms. The van der Waals surface area contributed by atoms with Crippen LogP contribution in [0.5, 0.6) is 5.75 Å². The number of aromatic amines is 1. The Morgan fingerprint density at radius 3 is 2.62 bits per heavy atom. The van der Waals surface area contributed by atoms with Gasteiger partial charge >= 0.3 is 5.82 Å². The predicted molar refractivity (Wildman–Crippen MR) is 83.7 cm³/mol. The van der Waals surface area contributed by atoms with Gasteiger partial charge in [-0.3, -0.25) is 9.35 Å². The number of carbonyl (C=O) groups is 1. The van der Waals surface area contributed by atoms with Crippen LogP contribution in [0.4, 0.5) is 5.82 Å². The number of hydrogen-bond donors (Lipinski definition) is 3. The first-order chi connectivity index (χ1) is 11.1. The maximum atomic E-state index is 11.5. The number of hydrogen-bond acceptors (Lipinski definition) is 6. The fourth-order valence-corrected chi connectivity index (χ4v) is 3.04. The smallest absolute Gasteiger partial charge is 0.325 e. The van der Waals surface area contributed by atoms with Crippen LogP contribution in [0.15, 0.2) is 17.0 Å². The molecule has 0 bridgehead atoms. The summed E-state index contributed by atoms with van der Waals surface area (Å²) in [6.45, 7) is 1.45. The molecule has 0 aliphatic rings. The molecule has 1 amide bonds. The molecule has 2 aromatic rings. The number of nitro groups is 1. The number of carbonyl (C=O) groups excluding carboxylic acids is 1. The van der Waals surface area contributed by atoms with E-state index >= 15 is 0 Å². The highest BCUT2D eigenvalue weighted by Crippen LogP contribution is 2.35. The molecule has 0 unspecified atom stereocenters. The molecule has 0 spiro atoms. The van der Waals surface area contributed by atoms with Gasteiger partial charge in [0.15, 0.2) is 0 Å². The highest BCUT2D eigenvalue weighted by atomic mass is 32.2. The molecule has 0 saturated heterocycles. The van der Waals surface area contributed by atoms with Crippen molar-refractivity contribution in [2.75, 3.05) is 13.7 Å². The van der Waals surface area contributed by atoms with Gasteiger partial charge in [0, 0.05) is 24.9 Å². The lowest BCUT2D eigenvalue weighted by Crippen LogP contribution is -2.22. The summed E-state index contributed by atoms with van der Waals surface area (Å²) < 4.78 is 37.2. The van der Waals surface area contributed by atoms with Gasteiger partial charge in [0.25, 0.3) is 10.1 Å². The van der Waals surface area contributed by atoms with Crippen LogP contribution in [0, 0.1) is 10.1 Å². The molecule has 1 aromatic carbocycles. The normalized spacial score (nSPS) is 11.5. The average Bonchev–Trinajstić information content (AvgIpc) is 2.83. The van der Waals surface area contributed by atoms with Crippen molar-refractivity contribution in [2.45, 2.75) is 18.2 Å². The minimum absolute atomic E-state index is 0.104. The SMILES string of the molecule is COc1cc2[nH]c([N+](=O)[O-])c(CCNC(C)=O)c2cc1S(=O)(=O)O. The van der Waals surface area contributed by atoms with E-state index < -0.39 is 19.9 Å². The molecule has 0 saturated carbocycles. The van der Waals surface area contributed by atoms with Gasteiger partial charge in [-0.1, -0.05) is 0 Å². The van der Waals surface area contributed by atoms with Crippen molar-refractivity contribution in [1.82, 2.24) is 10.3 Å². The molecule has 2 rings (SSSR count). The lowest BCUT2D eigenvalue weighted by Gasteiger charge is -2.06. The van der Waals surface area contributed by atoms with E-state index in [1.165, 1.54) is 20.1 Å². The van der Waals surface area contributed by atoms with Gasteiger partial charge in [0.2, 0.25) is 5.91 Å². The van der Waals surface area contributed by atoms with Crippen molar-refractivity contribution in [1.29, 1.82) is 0 Å². The summed E-state index contributed by atoms with van der Waals surface area (Å²) in [6.07, 6.45) is 0.104. The molecular weight excluding hydrogens is 342 g/mol. The maximum Gasteiger partial charge on any atom is 0.325 e. The van der Waals surface area contributed by atoms with Crippen molar-refractivity contribution in [3.8, 4) is 5.75 Å². The lowest BCUT2D eigenvalue weighted by atomic mass is 10.1. The summed E-state index contributed by atoms with van der Waals surface area (Å²) in [5.41, 5.74) is 0.500.